The highest BCUT2D eigenvalue weighted by molar-refractivity contribution is 6.09. The number of amides is 1. The number of carbonyl (C=O) groups excluding carboxylic acids is 1. The first-order chi connectivity index (χ1) is 12.7. The van der Waals surface area contributed by atoms with Crippen LogP contribution in [0.1, 0.15) is 15.9 Å². The molecule has 1 amide bonds. The van der Waals surface area contributed by atoms with Crippen molar-refractivity contribution in [3.8, 4) is 11.5 Å². The van der Waals surface area contributed by atoms with Crippen LogP contribution in [0.3, 0.4) is 0 Å². The zero-order valence-corrected chi connectivity index (χ0v) is 14.8. The van der Waals surface area contributed by atoms with E-state index >= 15 is 0 Å². The van der Waals surface area contributed by atoms with Crippen LogP contribution in [-0.4, -0.2) is 25.1 Å². The summed E-state index contributed by atoms with van der Waals surface area (Å²) >= 11 is 0. The molecule has 0 radical (unpaired) electrons. The standard InChI is InChI=1S/C21H20N2O3/c1-25-18-11-6-12-19(26-2)20(18)21(24)23(17-9-4-3-5-10-17)15-16-8-7-13-22-14-16/h3-14H,15H2,1-2H3. The van der Waals surface area contributed by atoms with Crippen molar-refractivity contribution in [1.29, 1.82) is 0 Å². The van der Waals surface area contributed by atoms with Gasteiger partial charge >= 0.3 is 0 Å². The van der Waals surface area contributed by atoms with Gasteiger partial charge in [-0.05, 0) is 35.9 Å². The number of anilines is 1. The van der Waals surface area contributed by atoms with Gasteiger partial charge in [0.25, 0.3) is 5.91 Å². The Morgan fingerprint density at radius 2 is 1.62 bits per heavy atom. The van der Waals surface area contributed by atoms with Crippen molar-refractivity contribution in [3.05, 3.63) is 84.2 Å². The molecule has 3 aromatic rings. The first kappa shape index (κ1) is 17.5. The average Bonchev–Trinajstić information content (AvgIpc) is 2.72. The molecule has 26 heavy (non-hydrogen) atoms. The molecular formula is C21H20N2O3. The van der Waals surface area contributed by atoms with Crippen LogP contribution in [0.15, 0.2) is 73.1 Å². The predicted molar refractivity (Wildman–Crippen MR) is 101 cm³/mol. The first-order valence-corrected chi connectivity index (χ1v) is 8.21. The van der Waals surface area contributed by atoms with E-state index in [9.17, 15) is 4.79 Å². The lowest BCUT2D eigenvalue weighted by Gasteiger charge is -2.24. The van der Waals surface area contributed by atoms with Crippen molar-refractivity contribution in [2.24, 2.45) is 0 Å². The van der Waals surface area contributed by atoms with Gasteiger partial charge in [0.15, 0.2) is 0 Å². The van der Waals surface area contributed by atoms with E-state index in [1.54, 1.807) is 49.7 Å². The summed E-state index contributed by atoms with van der Waals surface area (Å²) in [6.45, 7) is 0.387. The summed E-state index contributed by atoms with van der Waals surface area (Å²) in [5.41, 5.74) is 2.11. The Bertz CT molecular complexity index is 845. The molecule has 0 atom stereocenters. The Morgan fingerprint density at radius 3 is 2.19 bits per heavy atom. The van der Waals surface area contributed by atoms with Crippen molar-refractivity contribution in [2.45, 2.75) is 6.54 Å². The summed E-state index contributed by atoms with van der Waals surface area (Å²) in [6, 6.07) is 18.6. The van der Waals surface area contributed by atoms with Crippen molar-refractivity contribution >= 4 is 11.6 Å². The third-order valence-corrected chi connectivity index (χ3v) is 4.02. The van der Waals surface area contributed by atoms with Gasteiger partial charge in [-0.3, -0.25) is 9.78 Å². The fraction of sp³-hybridized carbons (Fsp3) is 0.143. The first-order valence-electron chi connectivity index (χ1n) is 8.21. The normalized spacial score (nSPS) is 10.2. The number of benzene rings is 2. The smallest absolute Gasteiger partial charge is 0.266 e. The van der Waals surface area contributed by atoms with E-state index in [1.807, 2.05) is 42.5 Å². The van der Waals surface area contributed by atoms with E-state index in [2.05, 4.69) is 4.98 Å². The number of rotatable bonds is 6. The minimum atomic E-state index is -0.200. The Kier molecular flexibility index (Phi) is 5.49. The van der Waals surface area contributed by atoms with Gasteiger partial charge in [-0.15, -0.1) is 0 Å². The third kappa shape index (κ3) is 3.67. The Balaban J connectivity index is 2.06. The second-order valence-electron chi connectivity index (χ2n) is 5.63. The number of hydrogen-bond acceptors (Lipinski definition) is 4. The van der Waals surface area contributed by atoms with Gasteiger partial charge in [-0.2, -0.15) is 0 Å². The molecule has 3 rings (SSSR count). The van der Waals surface area contributed by atoms with E-state index in [4.69, 9.17) is 9.47 Å². The van der Waals surface area contributed by atoms with Crippen LogP contribution in [0.25, 0.3) is 0 Å². The second-order valence-corrected chi connectivity index (χ2v) is 5.63. The molecule has 0 N–H and O–H groups in total. The van der Waals surface area contributed by atoms with Crippen LogP contribution < -0.4 is 14.4 Å². The van der Waals surface area contributed by atoms with Gasteiger partial charge in [0.2, 0.25) is 0 Å². The van der Waals surface area contributed by atoms with Gasteiger partial charge in [0.05, 0.1) is 20.8 Å². The molecule has 5 nitrogen and oxygen atoms in total. The van der Waals surface area contributed by atoms with Gasteiger partial charge < -0.3 is 14.4 Å². The number of ether oxygens (including phenoxy) is 2. The lowest BCUT2D eigenvalue weighted by Crippen LogP contribution is -2.31. The molecule has 0 aliphatic heterocycles. The van der Waals surface area contributed by atoms with Crippen LogP contribution in [-0.2, 0) is 6.54 Å². The highest BCUT2D eigenvalue weighted by Gasteiger charge is 2.25. The SMILES string of the molecule is COc1cccc(OC)c1C(=O)N(Cc1cccnc1)c1ccccc1. The Hall–Kier alpha value is -3.34. The fourth-order valence-corrected chi connectivity index (χ4v) is 2.76. The van der Waals surface area contributed by atoms with Gasteiger partial charge in [-0.25, -0.2) is 0 Å². The molecule has 2 aromatic carbocycles. The molecule has 0 aliphatic carbocycles. The molecule has 0 fully saturated rings. The number of pyridine rings is 1. The average molecular weight is 348 g/mol. The predicted octanol–water partition coefficient (Wildman–Crippen LogP) is 3.95. The molecule has 132 valence electrons. The molecule has 0 aliphatic rings. The maximum absolute atomic E-state index is 13.5. The van der Waals surface area contributed by atoms with Gasteiger partial charge in [0, 0.05) is 18.1 Å². The lowest BCUT2D eigenvalue weighted by atomic mass is 10.1. The third-order valence-electron chi connectivity index (χ3n) is 4.02. The number of hydrogen-bond donors (Lipinski definition) is 0. The number of aromatic nitrogens is 1. The van der Waals surface area contributed by atoms with Gasteiger partial charge in [0.1, 0.15) is 17.1 Å². The molecule has 0 saturated heterocycles. The maximum Gasteiger partial charge on any atom is 0.266 e. The van der Waals surface area contributed by atoms with E-state index in [0.717, 1.165) is 11.3 Å². The summed E-state index contributed by atoms with van der Waals surface area (Å²) in [5, 5.41) is 0. The van der Waals surface area contributed by atoms with Crippen LogP contribution in [0.5, 0.6) is 11.5 Å². The molecule has 0 spiro atoms. The molecule has 0 unspecified atom stereocenters. The van der Waals surface area contributed by atoms with Crippen LogP contribution in [0, 0.1) is 0 Å². The summed E-state index contributed by atoms with van der Waals surface area (Å²) in [7, 11) is 3.08. The second kappa shape index (κ2) is 8.16. The number of methoxy groups -OCH3 is 2. The number of carbonyl (C=O) groups is 1. The molecule has 1 aromatic heterocycles. The van der Waals surface area contributed by atoms with Gasteiger partial charge in [-0.1, -0.05) is 30.3 Å². The van der Waals surface area contributed by atoms with Crippen LogP contribution in [0.2, 0.25) is 0 Å². The summed E-state index contributed by atoms with van der Waals surface area (Å²) in [4.78, 5) is 19.3. The van der Waals surface area contributed by atoms with Crippen molar-refractivity contribution in [3.63, 3.8) is 0 Å². The minimum Gasteiger partial charge on any atom is -0.496 e. The lowest BCUT2D eigenvalue weighted by molar-refractivity contribution is 0.0979. The highest BCUT2D eigenvalue weighted by Crippen LogP contribution is 2.31. The van der Waals surface area contributed by atoms with Crippen LogP contribution in [0.4, 0.5) is 5.69 Å². The fourth-order valence-electron chi connectivity index (χ4n) is 2.76. The van der Waals surface area contributed by atoms with E-state index < -0.39 is 0 Å². The summed E-state index contributed by atoms with van der Waals surface area (Å²) < 4.78 is 10.8. The monoisotopic (exact) mass is 348 g/mol. The molecule has 0 bridgehead atoms. The molecular weight excluding hydrogens is 328 g/mol. The molecule has 0 saturated carbocycles. The molecule has 1 heterocycles. The van der Waals surface area contributed by atoms with E-state index in [-0.39, 0.29) is 5.91 Å². The molecule has 5 heteroatoms. The van der Waals surface area contributed by atoms with E-state index in [1.165, 1.54) is 0 Å². The van der Waals surface area contributed by atoms with Crippen molar-refractivity contribution in [2.75, 3.05) is 19.1 Å². The van der Waals surface area contributed by atoms with Crippen molar-refractivity contribution < 1.29 is 14.3 Å². The Morgan fingerprint density at radius 1 is 0.923 bits per heavy atom. The topological polar surface area (TPSA) is 51.7 Å². The minimum absolute atomic E-state index is 0.200. The zero-order chi connectivity index (χ0) is 18.4. The quantitative estimate of drug-likeness (QED) is 0.677. The summed E-state index contributed by atoms with van der Waals surface area (Å²) in [5.74, 6) is 0.747. The summed E-state index contributed by atoms with van der Waals surface area (Å²) in [6.07, 6.45) is 3.46. The zero-order valence-electron chi connectivity index (χ0n) is 14.8. The van der Waals surface area contributed by atoms with Crippen molar-refractivity contribution in [1.82, 2.24) is 4.98 Å². The number of para-hydroxylation sites is 1. The highest BCUT2D eigenvalue weighted by atomic mass is 16.5. The number of nitrogens with zero attached hydrogens (tertiary/aromatic N) is 2. The largest absolute Gasteiger partial charge is 0.496 e. The Labute approximate surface area is 152 Å². The van der Waals surface area contributed by atoms with E-state index in [0.29, 0.717) is 23.6 Å². The van der Waals surface area contributed by atoms with Crippen LogP contribution >= 0.6 is 0 Å². The maximum atomic E-state index is 13.5.